The van der Waals surface area contributed by atoms with Crippen LogP contribution in [-0.4, -0.2) is 13.0 Å². The summed E-state index contributed by atoms with van der Waals surface area (Å²) in [5, 5.41) is 5.49. The first-order valence-corrected chi connectivity index (χ1v) is 7.19. The standard InChI is InChI=1S/C18H14ClNO2/c1-22-17-11-13-5-3-2-4-12(13)10-16(17)18(21)20-15-8-6-14(19)7-9-15/h2-11H,1H3,(H,20,21). The van der Waals surface area contributed by atoms with Gasteiger partial charge in [-0.3, -0.25) is 4.79 Å². The summed E-state index contributed by atoms with van der Waals surface area (Å²) in [6.45, 7) is 0. The molecule has 1 amide bonds. The van der Waals surface area contributed by atoms with Crippen LogP contribution in [0, 0.1) is 0 Å². The average molecular weight is 312 g/mol. The summed E-state index contributed by atoms with van der Waals surface area (Å²) in [6, 6.07) is 18.5. The SMILES string of the molecule is COc1cc2ccccc2cc1C(=O)Nc1ccc(Cl)cc1. The maximum absolute atomic E-state index is 12.5. The molecule has 0 fully saturated rings. The van der Waals surface area contributed by atoms with Crippen molar-refractivity contribution in [3.63, 3.8) is 0 Å². The smallest absolute Gasteiger partial charge is 0.259 e. The predicted octanol–water partition coefficient (Wildman–Crippen LogP) is 4.75. The van der Waals surface area contributed by atoms with Crippen LogP contribution in [0.1, 0.15) is 10.4 Å². The molecule has 0 saturated carbocycles. The van der Waals surface area contributed by atoms with Gasteiger partial charge in [-0.05, 0) is 47.2 Å². The second-order valence-corrected chi connectivity index (χ2v) is 5.30. The molecule has 3 aromatic carbocycles. The number of methoxy groups -OCH3 is 1. The van der Waals surface area contributed by atoms with Crippen molar-refractivity contribution in [3.05, 3.63) is 71.2 Å². The normalized spacial score (nSPS) is 10.5. The molecule has 3 aromatic rings. The van der Waals surface area contributed by atoms with Gasteiger partial charge >= 0.3 is 0 Å². The minimum atomic E-state index is -0.218. The molecule has 0 bridgehead atoms. The molecule has 0 heterocycles. The van der Waals surface area contributed by atoms with E-state index in [4.69, 9.17) is 16.3 Å². The van der Waals surface area contributed by atoms with Crippen LogP contribution in [0.3, 0.4) is 0 Å². The van der Waals surface area contributed by atoms with E-state index in [9.17, 15) is 4.79 Å². The molecule has 110 valence electrons. The zero-order valence-corrected chi connectivity index (χ0v) is 12.7. The minimum Gasteiger partial charge on any atom is -0.496 e. The third-order valence-corrected chi connectivity index (χ3v) is 3.67. The maximum atomic E-state index is 12.5. The lowest BCUT2D eigenvalue weighted by Gasteiger charge is -2.11. The number of hydrogen-bond donors (Lipinski definition) is 1. The highest BCUT2D eigenvalue weighted by Crippen LogP contribution is 2.27. The van der Waals surface area contributed by atoms with Gasteiger partial charge in [-0.15, -0.1) is 0 Å². The Bertz CT molecular complexity index is 828. The van der Waals surface area contributed by atoms with Crippen molar-refractivity contribution in [1.82, 2.24) is 0 Å². The lowest BCUT2D eigenvalue weighted by atomic mass is 10.1. The van der Waals surface area contributed by atoms with Crippen LogP contribution in [-0.2, 0) is 0 Å². The Balaban J connectivity index is 1.97. The van der Waals surface area contributed by atoms with Crippen molar-refractivity contribution < 1.29 is 9.53 Å². The number of carbonyl (C=O) groups excluding carboxylic acids is 1. The van der Waals surface area contributed by atoms with Crippen LogP contribution < -0.4 is 10.1 Å². The van der Waals surface area contributed by atoms with E-state index in [1.807, 2.05) is 36.4 Å². The quantitative estimate of drug-likeness (QED) is 0.757. The summed E-state index contributed by atoms with van der Waals surface area (Å²) in [7, 11) is 1.56. The first kappa shape index (κ1) is 14.4. The number of halogens is 1. The van der Waals surface area contributed by atoms with Crippen molar-refractivity contribution >= 4 is 34.0 Å². The molecule has 0 unspecified atom stereocenters. The first-order valence-electron chi connectivity index (χ1n) is 6.81. The number of anilines is 1. The molecule has 3 rings (SSSR count). The van der Waals surface area contributed by atoms with Crippen molar-refractivity contribution in [1.29, 1.82) is 0 Å². The zero-order chi connectivity index (χ0) is 15.5. The maximum Gasteiger partial charge on any atom is 0.259 e. The molecule has 22 heavy (non-hydrogen) atoms. The van der Waals surface area contributed by atoms with E-state index in [1.165, 1.54) is 0 Å². The number of benzene rings is 3. The highest BCUT2D eigenvalue weighted by molar-refractivity contribution is 6.30. The molecular weight excluding hydrogens is 298 g/mol. The summed E-state index contributed by atoms with van der Waals surface area (Å²) in [6.07, 6.45) is 0. The fourth-order valence-electron chi connectivity index (χ4n) is 2.30. The monoisotopic (exact) mass is 311 g/mol. The molecule has 4 heteroatoms. The summed E-state index contributed by atoms with van der Waals surface area (Å²) in [5.74, 6) is 0.329. The van der Waals surface area contributed by atoms with E-state index in [0.717, 1.165) is 10.8 Å². The Labute approximate surface area is 133 Å². The van der Waals surface area contributed by atoms with Gasteiger partial charge in [0.25, 0.3) is 5.91 Å². The van der Waals surface area contributed by atoms with Gasteiger partial charge in [-0.2, -0.15) is 0 Å². The molecule has 0 atom stereocenters. The molecule has 1 N–H and O–H groups in total. The van der Waals surface area contributed by atoms with Crippen molar-refractivity contribution in [2.45, 2.75) is 0 Å². The Kier molecular flexibility index (Phi) is 3.98. The van der Waals surface area contributed by atoms with Gasteiger partial charge < -0.3 is 10.1 Å². The van der Waals surface area contributed by atoms with Gasteiger partial charge in [-0.1, -0.05) is 35.9 Å². The van der Waals surface area contributed by atoms with Crippen molar-refractivity contribution in [3.8, 4) is 5.75 Å². The number of carbonyl (C=O) groups is 1. The van der Waals surface area contributed by atoms with Gasteiger partial charge in [0.1, 0.15) is 5.75 Å². The van der Waals surface area contributed by atoms with Crippen LogP contribution >= 0.6 is 11.6 Å². The lowest BCUT2D eigenvalue weighted by Crippen LogP contribution is -2.13. The molecule has 0 aromatic heterocycles. The third kappa shape index (κ3) is 2.90. The van der Waals surface area contributed by atoms with Crippen LogP contribution in [0.5, 0.6) is 5.75 Å². The minimum absolute atomic E-state index is 0.218. The summed E-state index contributed by atoms with van der Waals surface area (Å²) in [4.78, 5) is 12.5. The Hall–Kier alpha value is -2.52. The van der Waals surface area contributed by atoms with E-state index in [-0.39, 0.29) is 5.91 Å². The third-order valence-electron chi connectivity index (χ3n) is 3.41. The van der Waals surface area contributed by atoms with Crippen LogP contribution in [0.4, 0.5) is 5.69 Å². The largest absolute Gasteiger partial charge is 0.496 e. The first-order chi connectivity index (χ1) is 10.7. The fourth-order valence-corrected chi connectivity index (χ4v) is 2.42. The molecule has 0 saturated heterocycles. The average Bonchev–Trinajstić information content (AvgIpc) is 2.55. The van der Waals surface area contributed by atoms with Crippen molar-refractivity contribution in [2.75, 3.05) is 12.4 Å². The second-order valence-electron chi connectivity index (χ2n) is 4.86. The van der Waals surface area contributed by atoms with Gasteiger partial charge in [0.2, 0.25) is 0 Å². The second kappa shape index (κ2) is 6.08. The van der Waals surface area contributed by atoms with Crippen LogP contribution in [0.2, 0.25) is 5.02 Å². The lowest BCUT2D eigenvalue weighted by molar-refractivity contribution is 0.102. The molecule has 0 aliphatic carbocycles. The van der Waals surface area contributed by atoms with Gasteiger partial charge in [0, 0.05) is 10.7 Å². The Morgan fingerprint density at radius 3 is 2.27 bits per heavy atom. The topological polar surface area (TPSA) is 38.3 Å². The predicted molar refractivity (Wildman–Crippen MR) is 89.9 cm³/mol. The zero-order valence-electron chi connectivity index (χ0n) is 12.0. The number of amides is 1. The fraction of sp³-hybridized carbons (Fsp3) is 0.0556. The molecule has 0 aliphatic heterocycles. The highest BCUT2D eigenvalue weighted by Gasteiger charge is 2.13. The van der Waals surface area contributed by atoms with E-state index < -0.39 is 0 Å². The van der Waals surface area contributed by atoms with Gasteiger partial charge in [-0.25, -0.2) is 0 Å². The highest BCUT2D eigenvalue weighted by atomic mass is 35.5. The van der Waals surface area contributed by atoms with E-state index in [0.29, 0.717) is 22.0 Å². The number of rotatable bonds is 3. The number of ether oxygens (including phenoxy) is 1. The summed E-state index contributed by atoms with van der Waals surface area (Å²) < 4.78 is 5.35. The molecular formula is C18H14ClNO2. The Morgan fingerprint density at radius 1 is 1.00 bits per heavy atom. The number of hydrogen-bond acceptors (Lipinski definition) is 2. The molecule has 3 nitrogen and oxygen atoms in total. The van der Waals surface area contributed by atoms with Gasteiger partial charge in [0.05, 0.1) is 12.7 Å². The van der Waals surface area contributed by atoms with Crippen molar-refractivity contribution in [2.24, 2.45) is 0 Å². The van der Waals surface area contributed by atoms with Crippen LogP contribution in [0.25, 0.3) is 10.8 Å². The van der Waals surface area contributed by atoms with E-state index in [2.05, 4.69) is 5.32 Å². The summed E-state index contributed by atoms with van der Waals surface area (Å²) >= 11 is 5.85. The number of nitrogens with one attached hydrogen (secondary N) is 1. The number of fused-ring (bicyclic) bond motifs is 1. The summed E-state index contributed by atoms with van der Waals surface area (Å²) in [5.41, 5.74) is 1.18. The molecule has 0 spiro atoms. The van der Waals surface area contributed by atoms with Gasteiger partial charge in [0.15, 0.2) is 0 Å². The molecule has 0 radical (unpaired) electrons. The van der Waals surface area contributed by atoms with E-state index >= 15 is 0 Å². The van der Waals surface area contributed by atoms with Crippen LogP contribution in [0.15, 0.2) is 60.7 Å². The Morgan fingerprint density at radius 2 is 1.64 bits per heavy atom. The molecule has 0 aliphatic rings. The van der Waals surface area contributed by atoms with E-state index in [1.54, 1.807) is 31.4 Å².